The van der Waals surface area contributed by atoms with Crippen molar-refractivity contribution >= 4 is 11.9 Å². The van der Waals surface area contributed by atoms with Crippen LogP contribution in [0.4, 0.5) is 5.95 Å². The predicted molar refractivity (Wildman–Crippen MR) is 84.0 cm³/mol. The molecule has 1 fully saturated rings. The van der Waals surface area contributed by atoms with Crippen LogP contribution in [0.2, 0.25) is 0 Å². The van der Waals surface area contributed by atoms with Gasteiger partial charge in [-0.2, -0.15) is 5.26 Å². The van der Waals surface area contributed by atoms with Crippen LogP contribution in [0.25, 0.3) is 0 Å². The highest BCUT2D eigenvalue weighted by molar-refractivity contribution is 5.75. The summed E-state index contributed by atoms with van der Waals surface area (Å²) in [6.07, 6.45) is 5.28. The molecule has 1 aromatic heterocycles. The summed E-state index contributed by atoms with van der Waals surface area (Å²) in [5, 5.41) is 8.75. The van der Waals surface area contributed by atoms with Crippen LogP contribution in [0.5, 0.6) is 0 Å². The summed E-state index contributed by atoms with van der Waals surface area (Å²) in [7, 11) is 0. The lowest BCUT2D eigenvalue weighted by Crippen LogP contribution is -2.37. The van der Waals surface area contributed by atoms with Crippen molar-refractivity contribution in [1.29, 1.82) is 5.26 Å². The molecule has 0 saturated carbocycles. The van der Waals surface area contributed by atoms with Gasteiger partial charge in [0.15, 0.2) is 0 Å². The second kappa shape index (κ2) is 8.41. The third-order valence-corrected chi connectivity index (χ3v) is 3.67. The summed E-state index contributed by atoms with van der Waals surface area (Å²) in [5.41, 5.74) is 8.42. The van der Waals surface area contributed by atoms with E-state index in [1.54, 1.807) is 0 Å². The number of rotatable bonds is 6. The van der Waals surface area contributed by atoms with E-state index in [-0.39, 0.29) is 11.9 Å². The maximum absolute atomic E-state index is 11.8. The highest BCUT2D eigenvalue weighted by atomic mass is 16.7. The van der Waals surface area contributed by atoms with E-state index >= 15 is 0 Å². The van der Waals surface area contributed by atoms with Crippen LogP contribution in [-0.2, 0) is 9.63 Å². The quantitative estimate of drug-likeness (QED) is 0.727. The average molecular weight is 318 g/mol. The minimum absolute atomic E-state index is 0.106. The molecule has 0 radical (unpaired) electrons. The largest absolute Gasteiger partial charge is 0.341 e. The van der Waals surface area contributed by atoms with Gasteiger partial charge in [0.2, 0.25) is 11.9 Å². The smallest absolute Gasteiger partial charge is 0.243 e. The number of hydrogen-bond donors (Lipinski definition) is 2. The van der Waals surface area contributed by atoms with Crippen molar-refractivity contribution in [3.05, 3.63) is 18.0 Å². The standard InChI is InChI=1S/C15H22N6O2/c1-11(17)10-23-20-14(22)6-12-2-4-21(5-3-12)15-18-8-13(7-16)9-19-15/h8-9,11-12H,2-6,10,17H2,1H3,(H,20,22)/t11-/m0/s1. The molecule has 0 unspecified atom stereocenters. The first-order chi connectivity index (χ1) is 11.1. The van der Waals surface area contributed by atoms with Crippen LogP contribution >= 0.6 is 0 Å². The molecule has 1 atom stereocenters. The first kappa shape index (κ1) is 17.1. The van der Waals surface area contributed by atoms with Crippen LogP contribution in [0.15, 0.2) is 12.4 Å². The van der Waals surface area contributed by atoms with E-state index < -0.39 is 0 Å². The zero-order valence-electron chi connectivity index (χ0n) is 13.2. The maximum atomic E-state index is 11.8. The summed E-state index contributed by atoms with van der Waals surface area (Å²) in [6, 6.07) is 1.90. The molecule has 2 heterocycles. The second-order valence-corrected chi connectivity index (χ2v) is 5.83. The van der Waals surface area contributed by atoms with Crippen LogP contribution in [0.3, 0.4) is 0 Å². The fourth-order valence-electron chi connectivity index (χ4n) is 2.44. The number of aromatic nitrogens is 2. The SMILES string of the molecule is C[C@H](N)CONC(=O)CC1CCN(c2ncc(C#N)cn2)CC1. The molecule has 1 aliphatic rings. The Hall–Kier alpha value is -2.24. The van der Waals surface area contributed by atoms with E-state index in [0.29, 0.717) is 30.5 Å². The molecule has 8 nitrogen and oxygen atoms in total. The van der Waals surface area contributed by atoms with Gasteiger partial charge in [0, 0.05) is 25.6 Å². The highest BCUT2D eigenvalue weighted by Crippen LogP contribution is 2.22. The maximum Gasteiger partial charge on any atom is 0.243 e. The van der Waals surface area contributed by atoms with Crippen LogP contribution in [0.1, 0.15) is 31.7 Å². The van der Waals surface area contributed by atoms with Gasteiger partial charge in [-0.05, 0) is 25.7 Å². The number of carbonyl (C=O) groups excluding carboxylic acids is 1. The topological polar surface area (TPSA) is 117 Å². The summed E-state index contributed by atoms with van der Waals surface area (Å²) < 4.78 is 0. The first-order valence-corrected chi connectivity index (χ1v) is 7.71. The van der Waals surface area contributed by atoms with Gasteiger partial charge < -0.3 is 10.6 Å². The highest BCUT2D eigenvalue weighted by Gasteiger charge is 2.23. The van der Waals surface area contributed by atoms with Crippen LogP contribution in [-0.4, -0.2) is 41.6 Å². The number of nitrogens with zero attached hydrogens (tertiary/aromatic N) is 4. The van der Waals surface area contributed by atoms with Gasteiger partial charge in [0.05, 0.1) is 24.6 Å². The van der Waals surface area contributed by atoms with Crippen molar-refractivity contribution in [1.82, 2.24) is 15.4 Å². The van der Waals surface area contributed by atoms with Gasteiger partial charge in [0.25, 0.3) is 0 Å². The van der Waals surface area contributed by atoms with Crippen molar-refractivity contribution in [2.75, 3.05) is 24.6 Å². The number of piperidine rings is 1. The number of nitrogens with two attached hydrogens (primary N) is 1. The number of hydroxylamine groups is 1. The Labute approximate surface area is 135 Å². The summed E-state index contributed by atoms with van der Waals surface area (Å²) in [5.74, 6) is 0.842. The van der Waals surface area contributed by atoms with E-state index in [4.69, 9.17) is 15.8 Å². The van der Waals surface area contributed by atoms with Gasteiger partial charge in [-0.1, -0.05) is 0 Å². The number of amides is 1. The molecule has 23 heavy (non-hydrogen) atoms. The van der Waals surface area contributed by atoms with Crippen molar-refractivity contribution in [2.45, 2.75) is 32.2 Å². The zero-order chi connectivity index (χ0) is 16.7. The van der Waals surface area contributed by atoms with E-state index in [0.717, 1.165) is 25.9 Å². The average Bonchev–Trinajstić information content (AvgIpc) is 2.55. The van der Waals surface area contributed by atoms with Gasteiger partial charge in [-0.15, -0.1) is 0 Å². The minimum Gasteiger partial charge on any atom is -0.341 e. The third kappa shape index (κ3) is 5.47. The van der Waals surface area contributed by atoms with Crippen molar-refractivity contribution in [3.63, 3.8) is 0 Å². The molecule has 124 valence electrons. The lowest BCUT2D eigenvalue weighted by atomic mass is 9.93. The Bertz CT molecular complexity index is 546. The van der Waals surface area contributed by atoms with Gasteiger partial charge in [0.1, 0.15) is 6.07 Å². The fraction of sp³-hybridized carbons (Fsp3) is 0.600. The summed E-state index contributed by atoms with van der Waals surface area (Å²) >= 11 is 0. The van der Waals surface area contributed by atoms with E-state index in [1.165, 1.54) is 12.4 Å². The lowest BCUT2D eigenvalue weighted by molar-refractivity contribution is -0.134. The van der Waals surface area contributed by atoms with E-state index in [2.05, 4.69) is 20.3 Å². The number of anilines is 1. The second-order valence-electron chi connectivity index (χ2n) is 5.83. The third-order valence-electron chi connectivity index (χ3n) is 3.67. The Morgan fingerprint density at radius 2 is 2.17 bits per heavy atom. The molecule has 3 N–H and O–H groups in total. The Morgan fingerprint density at radius 3 is 2.74 bits per heavy atom. The molecule has 0 aromatic carbocycles. The molecule has 0 spiro atoms. The predicted octanol–water partition coefficient (Wildman–Crippen LogP) is 0.350. The van der Waals surface area contributed by atoms with Gasteiger partial charge in [-0.25, -0.2) is 15.4 Å². The van der Waals surface area contributed by atoms with Crippen molar-refractivity contribution in [2.24, 2.45) is 11.7 Å². The van der Waals surface area contributed by atoms with E-state index in [1.807, 2.05) is 13.0 Å². The normalized spacial score (nSPS) is 16.7. The number of carbonyl (C=O) groups is 1. The zero-order valence-corrected chi connectivity index (χ0v) is 13.2. The van der Waals surface area contributed by atoms with Crippen LogP contribution in [0, 0.1) is 17.2 Å². The monoisotopic (exact) mass is 318 g/mol. The number of nitriles is 1. The number of hydrogen-bond acceptors (Lipinski definition) is 7. The fourth-order valence-corrected chi connectivity index (χ4v) is 2.44. The Balaban J connectivity index is 1.73. The van der Waals surface area contributed by atoms with Gasteiger partial charge >= 0.3 is 0 Å². The van der Waals surface area contributed by atoms with E-state index in [9.17, 15) is 4.79 Å². The molecular formula is C15H22N6O2. The van der Waals surface area contributed by atoms with Crippen molar-refractivity contribution < 1.29 is 9.63 Å². The molecule has 0 bridgehead atoms. The summed E-state index contributed by atoms with van der Waals surface area (Å²) in [6.45, 7) is 3.71. The van der Waals surface area contributed by atoms with Crippen LogP contribution < -0.4 is 16.1 Å². The summed E-state index contributed by atoms with van der Waals surface area (Å²) in [4.78, 5) is 27.3. The molecule has 0 aliphatic carbocycles. The minimum atomic E-state index is -0.112. The first-order valence-electron chi connectivity index (χ1n) is 7.71. The molecule has 1 amide bonds. The Morgan fingerprint density at radius 1 is 1.52 bits per heavy atom. The molecule has 1 aromatic rings. The molecular weight excluding hydrogens is 296 g/mol. The molecule has 2 rings (SSSR count). The molecule has 1 saturated heterocycles. The molecule has 1 aliphatic heterocycles. The van der Waals surface area contributed by atoms with Crippen molar-refractivity contribution in [3.8, 4) is 6.07 Å². The Kier molecular flexibility index (Phi) is 6.26. The number of nitrogens with one attached hydrogen (secondary N) is 1. The molecule has 8 heteroatoms. The lowest BCUT2D eigenvalue weighted by Gasteiger charge is -2.31. The van der Waals surface area contributed by atoms with Gasteiger partial charge in [-0.3, -0.25) is 9.63 Å².